The minimum atomic E-state index is 0. The summed E-state index contributed by atoms with van der Waals surface area (Å²) in [6.45, 7) is 7.73. The second kappa shape index (κ2) is 8.57. The minimum Gasteiger partial charge on any atom is -0.351 e. The fourth-order valence-electron chi connectivity index (χ4n) is 1.77. The number of hydrogen-bond acceptors (Lipinski definition) is 5. The number of thiazole rings is 1. The van der Waals surface area contributed by atoms with Gasteiger partial charge in [0.2, 0.25) is 0 Å². The average molecular weight is 449 g/mol. The van der Waals surface area contributed by atoms with Gasteiger partial charge in [-0.1, -0.05) is 20.8 Å². The first-order valence-electron chi connectivity index (χ1n) is 7.12. The number of aryl methyl sites for hydroxylation is 1. The molecule has 0 spiro atoms. The average Bonchev–Trinajstić information content (AvgIpc) is 3.08. The Bertz CT molecular complexity index is 642. The van der Waals surface area contributed by atoms with Crippen LogP contribution >= 0.6 is 35.3 Å². The van der Waals surface area contributed by atoms with Crippen LogP contribution in [0.5, 0.6) is 0 Å². The van der Waals surface area contributed by atoms with Crippen molar-refractivity contribution in [2.75, 3.05) is 7.05 Å². The molecule has 0 aliphatic heterocycles. The van der Waals surface area contributed by atoms with Crippen LogP contribution in [0.2, 0.25) is 0 Å². The summed E-state index contributed by atoms with van der Waals surface area (Å²) in [5, 5.41) is 13.7. The lowest BCUT2D eigenvalue weighted by molar-refractivity contribution is 0.582. The zero-order valence-electron chi connectivity index (χ0n) is 14.1. The maximum atomic E-state index is 4.66. The lowest BCUT2D eigenvalue weighted by atomic mass is 9.98. The Labute approximate surface area is 158 Å². The van der Waals surface area contributed by atoms with Crippen LogP contribution in [-0.2, 0) is 25.6 Å². The van der Waals surface area contributed by atoms with E-state index in [1.807, 2.05) is 7.05 Å². The van der Waals surface area contributed by atoms with Gasteiger partial charge in [-0.2, -0.15) is 5.10 Å². The Hall–Kier alpha value is -1.23. The van der Waals surface area contributed by atoms with Gasteiger partial charge < -0.3 is 10.6 Å². The first-order chi connectivity index (χ1) is 10.4. The Morgan fingerprint density at radius 2 is 2.00 bits per heavy atom. The molecule has 128 valence electrons. The molecule has 0 aliphatic rings. The fourth-order valence-corrected chi connectivity index (χ4v) is 2.68. The van der Waals surface area contributed by atoms with Crippen molar-refractivity contribution in [2.24, 2.45) is 12.0 Å². The van der Waals surface area contributed by atoms with E-state index < -0.39 is 0 Å². The summed E-state index contributed by atoms with van der Waals surface area (Å²) in [6, 6.07) is 0. The molecule has 0 aliphatic carbocycles. The van der Waals surface area contributed by atoms with Crippen molar-refractivity contribution in [3.05, 3.63) is 28.2 Å². The largest absolute Gasteiger partial charge is 0.351 e. The Balaban J connectivity index is 0.00000264. The molecule has 23 heavy (non-hydrogen) atoms. The van der Waals surface area contributed by atoms with Gasteiger partial charge in [0.25, 0.3) is 0 Å². The Kier molecular flexibility index (Phi) is 7.39. The van der Waals surface area contributed by atoms with Crippen LogP contribution in [0.4, 0.5) is 0 Å². The summed E-state index contributed by atoms with van der Waals surface area (Å²) < 4.78 is 1.73. The van der Waals surface area contributed by atoms with Crippen LogP contribution in [-0.4, -0.2) is 32.8 Å². The molecule has 0 aromatic carbocycles. The van der Waals surface area contributed by atoms with Gasteiger partial charge in [-0.25, -0.2) is 9.97 Å². The van der Waals surface area contributed by atoms with E-state index in [4.69, 9.17) is 0 Å². The van der Waals surface area contributed by atoms with Crippen molar-refractivity contribution in [2.45, 2.75) is 39.3 Å². The molecule has 2 N–H and O–H groups in total. The third-order valence-corrected chi connectivity index (χ3v) is 4.39. The third kappa shape index (κ3) is 5.72. The smallest absolute Gasteiger partial charge is 0.191 e. The van der Waals surface area contributed by atoms with E-state index in [1.165, 1.54) is 6.33 Å². The van der Waals surface area contributed by atoms with E-state index in [-0.39, 0.29) is 29.4 Å². The maximum absolute atomic E-state index is 4.66. The van der Waals surface area contributed by atoms with Crippen molar-refractivity contribution >= 4 is 41.3 Å². The number of nitrogens with zero attached hydrogens (tertiary/aromatic N) is 5. The molecule has 0 bridgehead atoms. The van der Waals surface area contributed by atoms with Gasteiger partial charge in [0.1, 0.15) is 12.2 Å². The molecule has 7 nitrogen and oxygen atoms in total. The molecule has 0 saturated heterocycles. The van der Waals surface area contributed by atoms with E-state index >= 15 is 0 Å². The minimum absolute atomic E-state index is 0. The van der Waals surface area contributed by atoms with Crippen LogP contribution in [0.25, 0.3) is 0 Å². The number of rotatable bonds is 4. The van der Waals surface area contributed by atoms with Gasteiger partial charge in [0.15, 0.2) is 5.96 Å². The van der Waals surface area contributed by atoms with E-state index in [0.29, 0.717) is 19.0 Å². The summed E-state index contributed by atoms with van der Waals surface area (Å²) >= 11 is 1.70. The Morgan fingerprint density at radius 3 is 2.52 bits per heavy atom. The molecule has 2 aromatic heterocycles. The summed E-state index contributed by atoms with van der Waals surface area (Å²) in [7, 11) is 3.61. The molecule has 0 radical (unpaired) electrons. The molecule has 0 saturated carbocycles. The quantitative estimate of drug-likeness (QED) is 0.425. The molecular weight excluding hydrogens is 425 g/mol. The van der Waals surface area contributed by atoms with Crippen LogP contribution in [0.1, 0.15) is 37.3 Å². The predicted molar refractivity (Wildman–Crippen MR) is 104 cm³/mol. The van der Waals surface area contributed by atoms with Crippen molar-refractivity contribution in [1.82, 2.24) is 30.4 Å². The highest BCUT2D eigenvalue weighted by molar-refractivity contribution is 14.0. The van der Waals surface area contributed by atoms with Gasteiger partial charge in [0.05, 0.1) is 23.8 Å². The van der Waals surface area contributed by atoms with Crippen LogP contribution in [0, 0.1) is 0 Å². The summed E-state index contributed by atoms with van der Waals surface area (Å²) in [4.78, 5) is 13.0. The van der Waals surface area contributed by atoms with E-state index in [2.05, 4.69) is 56.8 Å². The maximum Gasteiger partial charge on any atom is 0.191 e. The van der Waals surface area contributed by atoms with Crippen molar-refractivity contribution < 1.29 is 0 Å². The number of aromatic nitrogens is 4. The topological polar surface area (TPSA) is 80.0 Å². The highest BCUT2D eigenvalue weighted by atomic mass is 127. The standard InChI is InChI=1S/C14H23N7S.HI/c1-14(2,3)12-20-10(8-22-12)6-16-13(15-4)17-7-11-18-9-19-21(11)5;/h8-9H,6-7H2,1-5H3,(H2,15,16,17);1H. The van der Waals surface area contributed by atoms with Crippen molar-refractivity contribution in [1.29, 1.82) is 0 Å². The second-order valence-electron chi connectivity index (χ2n) is 5.97. The number of hydrogen-bond donors (Lipinski definition) is 2. The Morgan fingerprint density at radius 1 is 1.30 bits per heavy atom. The van der Waals surface area contributed by atoms with Crippen LogP contribution in [0.3, 0.4) is 0 Å². The number of guanidine groups is 1. The normalized spacial score (nSPS) is 12.0. The SMILES string of the molecule is CN=C(NCc1csc(C(C)(C)C)n1)NCc1ncnn1C.I. The molecule has 0 atom stereocenters. The zero-order valence-corrected chi connectivity index (χ0v) is 17.3. The first-order valence-corrected chi connectivity index (χ1v) is 8.00. The fraction of sp³-hybridized carbons (Fsp3) is 0.571. The first kappa shape index (κ1) is 19.8. The third-order valence-electron chi connectivity index (χ3n) is 3.07. The van der Waals surface area contributed by atoms with Crippen LogP contribution in [0.15, 0.2) is 16.7 Å². The number of aliphatic imine (C=N–C) groups is 1. The van der Waals surface area contributed by atoms with E-state index in [9.17, 15) is 0 Å². The zero-order chi connectivity index (χ0) is 16.2. The monoisotopic (exact) mass is 449 g/mol. The van der Waals surface area contributed by atoms with E-state index in [0.717, 1.165) is 16.5 Å². The molecule has 2 rings (SSSR count). The molecular formula is C14H24IN7S. The van der Waals surface area contributed by atoms with Gasteiger partial charge in [-0.3, -0.25) is 9.67 Å². The van der Waals surface area contributed by atoms with Gasteiger partial charge in [0, 0.05) is 24.9 Å². The van der Waals surface area contributed by atoms with E-state index in [1.54, 1.807) is 23.1 Å². The molecule has 2 heterocycles. The number of halogens is 1. The van der Waals surface area contributed by atoms with Crippen molar-refractivity contribution in [3.8, 4) is 0 Å². The van der Waals surface area contributed by atoms with Gasteiger partial charge in [-0.05, 0) is 0 Å². The molecule has 0 fully saturated rings. The molecule has 9 heteroatoms. The summed E-state index contributed by atoms with van der Waals surface area (Å²) in [6.07, 6.45) is 1.54. The van der Waals surface area contributed by atoms with Gasteiger partial charge in [-0.15, -0.1) is 35.3 Å². The molecule has 0 amide bonds. The molecule has 0 unspecified atom stereocenters. The molecule has 2 aromatic rings. The highest BCUT2D eigenvalue weighted by Gasteiger charge is 2.17. The highest BCUT2D eigenvalue weighted by Crippen LogP contribution is 2.25. The lowest BCUT2D eigenvalue weighted by Gasteiger charge is -2.14. The lowest BCUT2D eigenvalue weighted by Crippen LogP contribution is -2.37. The summed E-state index contributed by atoms with van der Waals surface area (Å²) in [5.74, 6) is 1.57. The van der Waals surface area contributed by atoms with Gasteiger partial charge >= 0.3 is 0 Å². The van der Waals surface area contributed by atoms with Crippen LogP contribution < -0.4 is 10.6 Å². The summed E-state index contributed by atoms with van der Waals surface area (Å²) in [5.41, 5.74) is 1.12. The predicted octanol–water partition coefficient (Wildman–Crippen LogP) is 2.05. The van der Waals surface area contributed by atoms with Crippen molar-refractivity contribution in [3.63, 3.8) is 0 Å². The second-order valence-corrected chi connectivity index (χ2v) is 6.83. The number of nitrogens with one attached hydrogen (secondary N) is 2.